The van der Waals surface area contributed by atoms with E-state index in [1.165, 1.54) is 37.9 Å². The monoisotopic (exact) mass is 346 g/mol. The summed E-state index contributed by atoms with van der Waals surface area (Å²) in [6, 6.07) is 10.5. The van der Waals surface area contributed by atoms with E-state index < -0.39 is 0 Å². The number of aliphatic imine (C=N–C) groups is 1. The van der Waals surface area contributed by atoms with Crippen LogP contribution in [0.25, 0.3) is 0 Å². The first-order valence-electron chi connectivity index (χ1n) is 9.67. The molecule has 1 aromatic carbocycles. The molecule has 1 aromatic rings. The molecule has 0 amide bonds. The highest BCUT2D eigenvalue weighted by molar-refractivity contribution is 5.79. The maximum atomic E-state index is 5.71. The van der Waals surface area contributed by atoms with Gasteiger partial charge in [-0.3, -0.25) is 4.99 Å². The van der Waals surface area contributed by atoms with Crippen LogP contribution < -0.4 is 10.6 Å². The van der Waals surface area contributed by atoms with E-state index in [2.05, 4.69) is 44.8 Å². The van der Waals surface area contributed by atoms with E-state index in [0.29, 0.717) is 0 Å². The summed E-state index contributed by atoms with van der Waals surface area (Å²) >= 11 is 0. The average molecular weight is 347 g/mol. The zero-order valence-corrected chi connectivity index (χ0v) is 15.7. The Morgan fingerprint density at radius 2 is 1.80 bits per heavy atom. The van der Waals surface area contributed by atoms with Crippen molar-refractivity contribution in [1.82, 2.24) is 15.5 Å². The van der Waals surface area contributed by atoms with Gasteiger partial charge in [-0.25, -0.2) is 0 Å². The Bertz CT molecular complexity index is 472. The first kappa shape index (κ1) is 19.7. The van der Waals surface area contributed by atoms with Gasteiger partial charge in [0.15, 0.2) is 5.96 Å². The molecule has 0 saturated carbocycles. The lowest BCUT2D eigenvalue weighted by atomic mass is 10.1. The van der Waals surface area contributed by atoms with Gasteiger partial charge in [0.05, 0.1) is 6.61 Å². The summed E-state index contributed by atoms with van der Waals surface area (Å²) in [5.74, 6) is 0.890. The Morgan fingerprint density at radius 1 is 1.04 bits per heavy atom. The van der Waals surface area contributed by atoms with Gasteiger partial charge in [0.2, 0.25) is 0 Å². The third-order valence-corrected chi connectivity index (χ3v) is 4.53. The zero-order chi connectivity index (χ0) is 17.6. The van der Waals surface area contributed by atoms with Crippen LogP contribution in [0.2, 0.25) is 0 Å². The van der Waals surface area contributed by atoms with Crippen molar-refractivity contribution in [3.05, 3.63) is 35.9 Å². The van der Waals surface area contributed by atoms with Crippen LogP contribution in [-0.4, -0.2) is 63.8 Å². The molecule has 2 N–H and O–H groups in total. The summed E-state index contributed by atoms with van der Waals surface area (Å²) in [6.45, 7) is 6.99. The predicted octanol–water partition coefficient (Wildman–Crippen LogP) is 2.29. The quantitative estimate of drug-likeness (QED) is 0.388. The second kappa shape index (κ2) is 12.7. The van der Waals surface area contributed by atoms with Gasteiger partial charge in [0, 0.05) is 33.3 Å². The molecule has 5 heteroatoms. The number of hydrogen-bond donors (Lipinski definition) is 2. The standard InChI is InChI=1S/C20H34N4O/c1-21-20(23-13-16-24-14-6-3-7-15-24)22-12-8-17-25-18-11-19-9-4-2-5-10-19/h2,4-5,9-10H,3,6-8,11-18H2,1H3,(H2,21,22,23). The maximum absolute atomic E-state index is 5.71. The predicted molar refractivity (Wildman–Crippen MR) is 105 cm³/mol. The maximum Gasteiger partial charge on any atom is 0.191 e. The fraction of sp³-hybridized carbons (Fsp3) is 0.650. The minimum atomic E-state index is 0.782. The fourth-order valence-corrected chi connectivity index (χ4v) is 3.05. The summed E-state index contributed by atoms with van der Waals surface area (Å²) in [5, 5.41) is 6.75. The zero-order valence-electron chi connectivity index (χ0n) is 15.7. The van der Waals surface area contributed by atoms with E-state index in [1.54, 1.807) is 0 Å². The molecule has 1 aliphatic heterocycles. The average Bonchev–Trinajstić information content (AvgIpc) is 2.67. The molecule has 0 aromatic heterocycles. The van der Waals surface area contributed by atoms with Crippen LogP contribution in [-0.2, 0) is 11.2 Å². The number of ether oxygens (including phenoxy) is 1. The molecule has 1 heterocycles. The lowest BCUT2D eigenvalue weighted by molar-refractivity contribution is 0.135. The van der Waals surface area contributed by atoms with E-state index in [9.17, 15) is 0 Å². The fourth-order valence-electron chi connectivity index (χ4n) is 3.05. The molecule has 0 radical (unpaired) electrons. The third-order valence-electron chi connectivity index (χ3n) is 4.53. The van der Waals surface area contributed by atoms with Gasteiger partial charge >= 0.3 is 0 Å². The number of nitrogens with zero attached hydrogens (tertiary/aromatic N) is 2. The van der Waals surface area contributed by atoms with Crippen molar-refractivity contribution in [2.45, 2.75) is 32.1 Å². The Balaban J connectivity index is 1.44. The van der Waals surface area contributed by atoms with Gasteiger partial charge in [0.1, 0.15) is 0 Å². The van der Waals surface area contributed by atoms with Crippen LogP contribution in [0.3, 0.4) is 0 Å². The van der Waals surface area contributed by atoms with Gasteiger partial charge in [-0.1, -0.05) is 36.8 Å². The summed E-state index contributed by atoms with van der Waals surface area (Å²) < 4.78 is 5.71. The molecule has 0 unspecified atom stereocenters. The Labute approximate surface area is 152 Å². The Hall–Kier alpha value is -1.59. The van der Waals surface area contributed by atoms with Crippen molar-refractivity contribution in [2.75, 3.05) is 53.0 Å². The topological polar surface area (TPSA) is 48.9 Å². The number of piperidine rings is 1. The molecule has 1 fully saturated rings. The first-order chi connectivity index (χ1) is 12.4. The summed E-state index contributed by atoms with van der Waals surface area (Å²) in [4.78, 5) is 6.81. The van der Waals surface area contributed by atoms with Crippen molar-refractivity contribution >= 4 is 5.96 Å². The lowest BCUT2D eigenvalue weighted by Gasteiger charge is -2.26. The number of rotatable bonds is 10. The van der Waals surface area contributed by atoms with Crippen LogP contribution in [0, 0.1) is 0 Å². The molecule has 0 spiro atoms. The van der Waals surface area contributed by atoms with E-state index in [1.807, 2.05) is 13.1 Å². The van der Waals surface area contributed by atoms with Crippen LogP contribution in [0.4, 0.5) is 0 Å². The largest absolute Gasteiger partial charge is 0.381 e. The number of likely N-dealkylation sites (tertiary alicyclic amines) is 1. The van der Waals surface area contributed by atoms with Gasteiger partial charge in [-0.15, -0.1) is 0 Å². The van der Waals surface area contributed by atoms with Crippen molar-refractivity contribution < 1.29 is 4.74 Å². The normalized spacial score (nSPS) is 16.0. The molecule has 0 atom stereocenters. The highest BCUT2D eigenvalue weighted by Crippen LogP contribution is 2.07. The van der Waals surface area contributed by atoms with Gasteiger partial charge in [-0.2, -0.15) is 0 Å². The molecule has 5 nitrogen and oxygen atoms in total. The van der Waals surface area contributed by atoms with Crippen molar-refractivity contribution in [2.24, 2.45) is 4.99 Å². The molecule has 1 saturated heterocycles. The second-order valence-electron chi connectivity index (χ2n) is 6.53. The number of benzene rings is 1. The van der Waals surface area contributed by atoms with Crippen molar-refractivity contribution in [3.8, 4) is 0 Å². The molecule has 25 heavy (non-hydrogen) atoms. The minimum Gasteiger partial charge on any atom is -0.381 e. The van der Waals surface area contributed by atoms with Gasteiger partial charge in [-0.05, 0) is 44.3 Å². The minimum absolute atomic E-state index is 0.782. The molecular weight excluding hydrogens is 312 g/mol. The van der Waals surface area contributed by atoms with E-state index in [0.717, 1.165) is 51.6 Å². The summed E-state index contributed by atoms with van der Waals surface area (Å²) in [7, 11) is 1.83. The molecule has 1 aliphatic rings. The molecule has 0 aliphatic carbocycles. The molecular formula is C20H34N4O. The second-order valence-corrected chi connectivity index (χ2v) is 6.53. The third kappa shape index (κ3) is 8.89. The molecule has 2 rings (SSSR count). The number of hydrogen-bond acceptors (Lipinski definition) is 3. The molecule has 140 valence electrons. The van der Waals surface area contributed by atoms with Crippen LogP contribution in [0.1, 0.15) is 31.2 Å². The summed E-state index contributed by atoms with van der Waals surface area (Å²) in [6.07, 6.45) is 6.05. The number of nitrogens with one attached hydrogen (secondary N) is 2. The highest BCUT2D eigenvalue weighted by atomic mass is 16.5. The Morgan fingerprint density at radius 3 is 2.56 bits per heavy atom. The van der Waals surface area contributed by atoms with Crippen molar-refractivity contribution in [3.63, 3.8) is 0 Å². The Kier molecular flexibility index (Phi) is 10.0. The first-order valence-corrected chi connectivity index (χ1v) is 9.67. The SMILES string of the molecule is CN=C(NCCCOCCc1ccccc1)NCCN1CCCCC1. The van der Waals surface area contributed by atoms with E-state index in [-0.39, 0.29) is 0 Å². The van der Waals surface area contributed by atoms with Gasteiger partial charge < -0.3 is 20.3 Å². The lowest BCUT2D eigenvalue weighted by Crippen LogP contribution is -2.43. The molecule has 0 bridgehead atoms. The van der Waals surface area contributed by atoms with Gasteiger partial charge in [0.25, 0.3) is 0 Å². The smallest absolute Gasteiger partial charge is 0.191 e. The van der Waals surface area contributed by atoms with E-state index in [4.69, 9.17) is 4.74 Å². The van der Waals surface area contributed by atoms with Crippen LogP contribution >= 0.6 is 0 Å². The van der Waals surface area contributed by atoms with Crippen LogP contribution in [0.15, 0.2) is 35.3 Å². The van der Waals surface area contributed by atoms with E-state index >= 15 is 0 Å². The number of guanidine groups is 1. The highest BCUT2D eigenvalue weighted by Gasteiger charge is 2.09. The summed E-state index contributed by atoms with van der Waals surface area (Å²) in [5.41, 5.74) is 1.33. The van der Waals surface area contributed by atoms with Crippen LogP contribution in [0.5, 0.6) is 0 Å². The van der Waals surface area contributed by atoms with Crippen molar-refractivity contribution in [1.29, 1.82) is 0 Å².